The van der Waals surface area contributed by atoms with Crippen LogP contribution in [-0.2, 0) is 0 Å². The number of benzene rings is 2. The van der Waals surface area contributed by atoms with Crippen molar-refractivity contribution in [2.45, 2.75) is 20.8 Å². The Labute approximate surface area is 112 Å². The Kier molecular flexibility index (Phi) is 3.56. The summed E-state index contributed by atoms with van der Waals surface area (Å²) < 4.78 is 0. The third kappa shape index (κ3) is 2.76. The van der Waals surface area contributed by atoms with Crippen molar-refractivity contribution in [1.82, 2.24) is 0 Å². The summed E-state index contributed by atoms with van der Waals surface area (Å²) in [6.45, 7) is 6.09. The van der Waals surface area contributed by atoms with E-state index in [0.717, 1.165) is 16.8 Å². The molecule has 3 nitrogen and oxygen atoms in total. The van der Waals surface area contributed by atoms with Gasteiger partial charge in [-0.15, -0.1) is 0 Å². The van der Waals surface area contributed by atoms with E-state index in [0.29, 0.717) is 5.69 Å². The number of hydrogen-bond acceptors (Lipinski definition) is 2. The number of carboxylic acids is 1. The highest BCUT2D eigenvalue weighted by Crippen LogP contribution is 2.27. The van der Waals surface area contributed by atoms with E-state index in [9.17, 15) is 9.90 Å². The normalized spacial score (nSPS) is 10.3. The fourth-order valence-corrected chi connectivity index (χ4v) is 2.29. The molecule has 0 saturated heterocycles. The largest absolute Gasteiger partial charge is 0.478 e. The lowest BCUT2D eigenvalue weighted by atomic mass is 10.0. The molecule has 0 aromatic heterocycles. The highest BCUT2D eigenvalue weighted by molar-refractivity contribution is 5.95. The van der Waals surface area contributed by atoms with Gasteiger partial charge in [0.2, 0.25) is 0 Å². The van der Waals surface area contributed by atoms with Crippen LogP contribution in [0.5, 0.6) is 0 Å². The highest BCUT2D eigenvalue weighted by atomic mass is 16.4. The van der Waals surface area contributed by atoms with Gasteiger partial charge in [-0.05, 0) is 44.0 Å². The molecule has 0 fully saturated rings. The number of carboxylic acid groups (broad SMARTS) is 1. The summed E-state index contributed by atoms with van der Waals surface area (Å²) in [7, 11) is 0. The van der Waals surface area contributed by atoms with E-state index in [1.807, 2.05) is 19.9 Å². The van der Waals surface area contributed by atoms with Crippen molar-refractivity contribution in [3.63, 3.8) is 0 Å². The van der Waals surface area contributed by atoms with E-state index in [-0.39, 0.29) is 5.56 Å². The second kappa shape index (κ2) is 5.14. The van der Waals surface area contributed by atoms with Crippen molar-refractivity contribution in [1.29, 1.82) is 0 Å². The molecule has 2 N–H and O–H groups in total. The molecule has 19 heavy (non-hydrogen) atoms. The van der Waals surface area contributed by atoms with E-state index < -0.39 is 5.97 Å². The predicted molar refractivity (Wildman–Crippen MR) is 77.3 cm³/mol. The van der Waals surface area contributed by atoms with Crippen LogP contribution >= 0.6 is 0 Å². The van der Waals surface area contributed by atoms with Gasteiger partial charge in [-0.2, -0.15) is 0 Å². The molecule has 0 atom stereocenters. The van der Waals surface area contributed by atoms with Gasteiger partial charge in [0.15, 0.2) is 0 Å². The Morgan fingerprint density at radius 3 is 2.21 bits per heavy atom. The number of anilines is 2. The quantitative estimate of drug-likeness (QED) is 0.869. The summed E-state index contributed by atoms with van der Waals surface area (Å²) in [6, 6.07) is 11.1. The number of aryl methyl sites for hydroxylation is 3. The first-order chi connectivity index (χ1) is 8.99. The van der Waals surface area contributed by atoms with E-state index in [4.69, 9.17) is 0 Å². The molecule has 3 heteroatoms. The maximum atomic E-state index is 11.2. The Bertz CT molecular complexity index is 609. The lowest BCUT2D eigenvalue weighted by molar-refractivity contribution is 0.0698. The molecule has 0 aliphatic carbocycles. The second-order valence-electron chi connectivity index (χ2n) is 4.75. The predicted octanol–water partition coefficient (Wildman–Crippen LogP) is 4.05. The van der Waals surface area contributed by atoms with Crippen LogP contribution in [0.4, 0.5) is 11.4 Å². The first-order valence-corrected chi connectivity index (χ1v) is 6.16. The van der Waals surface area contributed by atoms with Crippen molar-refractivity contribution in [3.8, 4) is 0 Å². The monoisotopic (exact) mass is 255 g/mol. The summed E-state index contributed by atoms with van der Waals surface area (Å²) in [5, 5.41) is 12.4. The highest BCUT2D eigenvalue weighted by Gasteiger charge is 2.11. The third-order valence-corrected chi connectivity index (χ3v) is 3.09. The molecule has 0 unspecified atom stereocenters. The maximum absolute atomic E-state index is 11.2. The van der Waals surface area contributed by atoms with Crippen LogP contribution in [0.15, 0.2) is 36.4 Å². The standard InChI is InChI=1S/C16H17NO2/c1-10-8-11(2)15(12(3)9-10)17-14-7-5-4-6-13(14)16(18)19/h4-9,17H,1-3H3,(H,18,19). The van der Waals surface area contributed by atoms with Crippen molar-refractivity contribution < 1.29 is 9.90 Å². The third-order valence-electron chi connectivity index (χ3n) is 3.09. The van der Waals surface area contributed by atoms with Gasteiger partial charge in [0.1, 0.15) is 0 Å². The molecule has 0 bridgehead atoms. The Balaban J connectivity index is 2.45. The van der Waals surface area contributed by atoms with Crippen LogP contribution in [0, 0.1) is 20.8 Å². The molecule has 0 radical (unpaired) electrons. The first-order valence-electron chi connectivity index (χ1n) is 6.16. The van der Waals surface area contributed by atoms with Crippen LogP contribution in [-0.4, -0.2) is 11.1 Å². The lowest BCUT2D eigenvalue weighted by Crippen LogP contribution is -2.04. The first kappa shape index (κ1) is 13.1. The topological polar surface area (TPSA) is 49.3 Å². The molecule has 0 aliphatic rings. The molecule has 2 aromatic carbocycles. The van der Waals surface area contributed by atoms with E-state index >= 15 is 0 Å². The van der Waals surface area contributed by atoms with Crippen molar-refractivity contribution >= 4 is 17.3 Å². The van der Waals surface area contributed by atoms with Gasteiger partial charge in [0.25, 0.3) is 0 Å². The molecule has 0 spiro atoms. The van der Waals surface area contributed by atoms with Gasteiger partial charge >= 0.3 is 5.97 Å². The fourth-order valence-electron chi connectivity index (χ4n) is 2.29. The van der Waals surface area contributed by atoms with Crippen LogP contribution in [0.25, 0.3) is 0 Å². The molecule has 0 amide bonds. The zero-order valence-corrected chi connectivity index (χ0v) is 11.3. The Morgan fingerprint density at radius 2 is 1.63 bits per heavy atom. The van der Waals surface area contributed by atoms with E-state index in [1.165, 1.54) is 5.56 Å². The van der Waals surface area contributed by atoms with Crippen LogP contribution in [0.2, 0.25) is 0 Å². The minimum absolute atomic E-state index is 0.280. The van der Waals surface area contributed by atoms with Crippen molar-refractivity contribution in [3.05, 3.63) is 58.7 Å². The van der Waals surface area contributed by atoms with Gasteiger partial charge in [0, 0.05) is 5.69 Å². The molecule has 0 aliphatic heterocycles. The second-order valence-corrected chi connectivity index (χ2v) is 4.75. The van der Waals surface area contributed by atoms with Gasteiger partial charge < -0.3 is 10.4 Å². The smallest absolute Gasteiger partial charge is 0.337 e. The summed E-state index contributed by atoms with van der Waals surface area (Å²) in [5.41, 5.74) is 5.29. The van der Waals surface area contributed by atoms with E-state index in [1.54, 1.807) is 18.2 Å². The maximum Gasteiger partial charge on any atom is 0.337 e. The van der Waals surface area contributed by atoms with Gasteiger partial charge in [0.05, 0.1) is 11.3 Å². The van der Waals surface area contributed by atoms with Crippen LogP contribution in [0.1, 0.15) is 27.0 Å². The number of carbonyl (C=O) groups is 1. The Hall–Kier alpha value is -2.29. The number of nitrogens with one attached hydrogen (secondary N) is 1. The zero-order chi connectivity index (χ0) is 14.0. The van der Waals surface area contributed by atoms with Crippen LogP contribution < -0.4 is 5.32 Å². The number of rotatable bonds is 3. The fraction of sp³-hybridized carbons (Fsp3) is 0.188. The number of para-hydroxylation sites is 1. The van der Waals surface area contributed by atoms with Crippen LogP contribution in [0.3, 0.4) is 0 Å². The molecule has 0 saturated carbocycles. The minimum Gasteiger partial charge on any atom is -0.478 e. The molecule has 0 heterocycles. The van der Waals surface area contributed by atoms with Gasteiger partial charge in [-0.1, -0.05) is 29.8 Å². The molecule has 98 valence electrons. The summed E-state index contributed by atoms with van der Waals surface area (Å²) in [5.74, 6) is -0.925. The summed E-state index contributed by atoms with van der Waals surface area (Å²) >= 11 is 0. The molecule has 2 aromatic rings. The van der Waals surface area contributed by atoms with Crippen molar-refractivity contribution in [2.24, 2.45) is 0 Å². The van der Waals surface area contributed by atoms with Crippen molar-refractivity contribution in [2.75, 3.05) is 5.32 Å². The SMILES string of the molecule is Cc1cc(C)c(Nc2ccccc2C(=O)O)c(C)c1. The molecular formula is C16H17NO2. The lowest BCUT2D eigenvalue weighted by Gasteiger charge is -2.15. The van der Waals surface area contributed by atoms with E-state index in [2.05, 4.69) is 24.4 Å². The number of aromatic carboxylic acids is 1. The summed E-state index contributed by atoms with van der Waals surface area (Å²) in [6.07, 6.45) is 0. The van der Waals surface area contributed by atoms with Gasteiger partial charge in [-0.25, -0.2) is 4.79 Å². The zero-order valence-electron chi connectivity index (χ0n) is 11.3. The average Bonchev–Trinajstić information content (AvgIpc) is 2.34. The van der Waals surface area contributed by atoms with Gasteiger partial charge in [-0.3, -0.25) is 0 Å². The average molecular weight is 255 g/mol. The molecule has 2 rings (SSSR count). The minimum atomic E-state index is -0.925. The molecular weight excluding hydrogens is 238 g/mol. The summed E-state index contributed by atoms with van der Waals surface area (Å²) in [4.78, 5) is 11.2. The Morgan fingerprint density at radius 1 is 1.05 bits per heavy atom. The number of hydrogen-bond donors (Lipinski definition) is 2.